The fourth-order valence-corrected chi connectivity index (χ4v) is 2.85. The lowest BCUT2D eigenvalue weighted by atomic mass is 9.84. The van der Waals surface area contributed by atoms with Gasteiger partial charge in [-0.2, -0.15) is 0 Å². The number of carbonyl (C=O) groups excluding carboxylic acids is 2. The monoisotopic (exact) mass is 303 g/mol. The van der Waals surface area contributed by atoms with E-state index in [9.17, 15) is 9.59 Å². The van der Waals surface area contributed by atoms with Crippen molar-refractivity contribution in [3.63, 3.8) is 0 Å². The average Bonchev–Trinajstić information content (AvgIpc) is 2.55. The van der Waals surface area contributed by atoms with E-state index in [0.29, 0.717) is 18.3 Å². The smallest absolute Gasteiger partial charge is 0.243 e. The Morgan fingerprint density at radius 1 is 1.18 bits per heavy atom. The van der Waals surface area contributed by atoms with Gasteiger partial charge in [-0.1, -0.05) is 25.1 Å². The molecule has 1 unspecified atom stereocenters. The second-order valence-corrected chi connectivity index (χ2v) is 5.96. The van der Waals surface area contributed by atoms with Crippen LogP contribution in [0.25, 0.3) is 0 Å². The molecule has 5 heteroatoms. The fourth-order valence-electron chi connectivity index (χ4n) is 2.85. The fraction of sp³-hybridized carbons (Fsp3) is 0.529. The molecule has 5 nitrogen and oxygen atoms in total. The molecule has 22 heavy (non-hydrogen) atoms. The molecule has 0 aliphatic carbocycles. The van der Waals surface area contributed by atoms with Gasteiger partial charge in [0.05, 0.1) is 6.54 Å². The number of piperidine rings is 1. The molecule has 0 radical (unpaired) electrons. The Morgan fingerprint density at radius 2 is 1.86 bits per heavy atom. The van der Waals surface area contributed by atoms with E-state index in [-0.39, 0.29) is 18.4 Å². The molecule has 3 N–H and O–H groups in total. The van der Waals surface area contributed by atoms with Crippen molar-refractivity contribution in [1.82, 2.24) is 10.6 Å². The lowest BCUT2D eigenvalue weighted by Gasteiger charge is -2.27. The first kappa shape index (κ1) is 16.5. The quantitative estimate of drug-likeness (QED) is 0.750. The Morgan fingerprint density at radius 3 is 2.55 bits per heavy atom. The molecule has 1 aromatic carbocycles. The zero-order chi connectivity index (χ0) is 15.8. The van der Waals surface area contributed by atoms with Crippen LogP contribution < -0.4 is 16.0 Å². The summed E-state index contributed by atoms with van der Waals surface area (Å²) in [6.07, 6.45) is 2.75. The number of hydrogen-bond acceptors (Lipinski definition) is 3. The van der Waals surface area contributed by atoms with Crippen molar-refractivity contribution in [1.29, 1.82) is 0 Å². The molecule has 0 spiro atoms. The van der Waals surface area contributed by atoms with Gasteiger partial charge in [0.15, 0.2) is 0 Å². The van der Waals surface area contributed by atoms with Crippen LogP contribution in [0.5, 0.6) is 0 Å². The molecule has 1 aliphatic rings. The van der Waals surface area contributed by atoms with Crippen LogP contribution in [0.1, 0.15) is 26.2 Å². The van der Waals surface area contributed by atoms with Gasteiger partial charge in [-0.25, -0.2) is 0 Å². The Hall–Kier alpha value is -1.88. The van der Waals surface area contributed by atoms with E-state index < -0.39 is 0 Å². The van der Waals surface area contributed by atoms with Crippen LogP contribution >= 0.6 is 0 Å². The topological polar surface area (TPSA) is 70.2 Å². The molecule has 0 saturated carbocycles. The zero-order valence-electron chi connectivity index (χ0n) is 13.1. The number of amides is 2. The van der Waals surface area contributed by atoms with Crippen LogP contribution in [-0.4, -0.2) is 31.4 Å². The normalized spacial score (nSPS) is 16.8. The first-order valence-electron chi connectivity index (χ1n) is 7.97. The highest BCUT2D eigenvalue weighted by Gasteiger charge is 2.22. The number of carbonyl (C=O) groups is 2. The second kappa shape index (κ2) is 8.54. The second-order valence-electron chi connectivity index (χ2n) is 5.96. The Labute approximate surface area is 131 Å². The summed E-state index contributed by atoms with van der Waals surface area (Å²) >= 11 is 0. The summed E-state index contributed by atoms with van der Waals surface area (Å²) in [6, 6.07) is 9.24. The highest BCUT2D eigenvalue weighted by atomic mass is 16.2. The summed E-state index contributed by atoms with van der Waals surface area (Å²) in [6.45, 7) is 4.22. The van der Waals surface area contributed by atoms with Crippen LogP contribution in [0, 0.1) is 11.8 Å². The molecule has 0 bridgehead atoms. The SMILES string of the molecule is CC(CC(=O)NCC(=O)Nc1ccccc1)C1CCNCC1. The number of rotatable bonds is 6. The predicted octanol–water partition coefficient (Wildman–Crippen LogP) is 1.77. The summed E-state index contributed by atoms with van der Waals surface area (Å²) in [5.41, 5.74) is 0.741. The number of benzene rings is 1. The van der Waals surface area contributed by atoms with Gasteiger partial charge in [0.25, 0.3) is 0 Å². The molecule has 2 amide bonds. The third kappa shape index (κ3) is 5.48. The molecule has 1 aromatic rings. The van der Waals surface area contributed by atoms with Gasteiger partial charge in [-0.15, -0.1) is 0 Å². The predicted molar refractivity (Wildman–Crippen MR) is 87.5 cm³/mol. The van der Waals surface area contributed by atoms with Gasteiger partial charge in [0.1, 0.15) is 0 Å². The van der Waals surface area contributed by atoms with Crippen molar-refractivity contribution in [2.45, 2.75) is 26.2 Å². The summed E-state index contributed by atoms with van der Waals surface area (Å²) in [5.74, 6) is 0.716. The van der Waals surface area contributed by atoms with Gasteiger partial charge in [0.2, 0.25) is 11.8 Å². The van der Waals surface area contributed by atoms with Crippen LogP contribution in [0.4, 0.5) is 5.69 Å². The van der Waals surface area contributed by atoms with E-state index >= 15 is 0 Å². The minimum Gasteiger partial charge on any atom is -0.347 e. The van der Waals surface area contributed by atoms with Crippen molar-refractivity contribution >= 4 is 17.5 Å². The first-order chi connectivity index (χ1) is 10.6. The van der Waals surface area contributed by atoms with Crippen LogP contribution in [0.2, 0.25) is 0 Å². The lowest BCUT2D eigenvalue weighted by molar-refractivity contribution is -0.125. The molecule has 1 fully saturated rings. The van der Waals surface area contributed by atoms with Crippen molar-refractivity contribution in [2.75, 3.05) is 25.0 Å². The van der Waals surface area contributed by atoms with Gasteiger partial charge < -0.3 is 16.0 Å². The van der Waals surface area contributed by atoms with Gasteiger partial charge in [-0.3, -0.25) is 9.59 Å². The highest BCUT2D eigenvalue weighted by molar-refractivity contribution is 5.94. The van der Waals surface area contributed by atoms with Crippen molar-refractivity contribution in [2.24, 2.45) is 11.8 Å². The summed E-state index contributed by atoms with van der Waals surface area (Å²) in [4.78, 5) is 23.7. The van der Waals surface area contributed by atoms with Crippen LogP contribution in [-0.2, 0) is 9.59 Å². The zero-order valence-corrected chi connectivity index (χ0v) is 13.1. The Bertz CT molecular complexity index is 484. The molecule has 1 atom stereocenters. The highest BCUT2D eigenvalue weighted by Crippen LogP contribution is 2.24. The number of anilines is 1. The van der Waals surface area contributed by atoms with Crippen molar-refractivity contribution in [3.8, 4) is 0 Å². The molecule has 0 aromatic heterocycles. The van der Waals surface area contributed by atoms with E-state index in [1.165, 1.54) is 0 Å². The first-order valence-corrected chi connectivity index (χ1v) is 7.97. The molecular weight excluding hydrogens is 278 g/mol. The maximum atomic E-state index is 11.9. The summed E-state index contributed by atoms with van der Waals surface area (Å²) in [7, 11) is 0. The van der Waals surface area contributed by atoms with E-state index in [0.717, 1.165) is 31.6 Å². The lowest BCUT2D eigenvalue weighted by Crippen LogP contribution is -2.36. The Balaban J connectivity index is 1.67. The molecule has 2 rings (SSSR count). The van der Waals surface area contributed by atoms with Gasteiger partial charge >= 0.3 is 0 Å². The minimum atomic E-state index is -0.200. The van der Waals surface area contributed by atoms with Gasteiger partial charge in [-0.05, 0) is 49.9 Å². The van der Waals surface area contributed by atoms with Crippen LogP contribution in [0.15, 0.2) is 30.3 Å². The molecule has 1 aliphatic heterocycles. The third-order valence-electron chi connectivity index (χ3n) is 4.20. The average molecular weight is 303 g/mol. The van der Waals surface area contributed by atoms with E-state index in [4.69, 9.17) is 0 Å². The van der Waals surface area contributed by atoms with E-state index in [1.807, 2.05) is 30.3 Å². The number of nitrogens with one attached hydrogen (secondary N) is 3. The largest absolute Gasteiger partial charge is 0.347 e. The van der Waals surface area contributed by atoms with Gasteiger partial charge in [0, 0.05) is 12.1 Å². The van der Waals surface area contributed by atoms with Crippen molar-refractivity contribution < 1.29 is 9.59 Å². The number of para-hydroxylation sites is 1. The Kier molecular flexibility index (Phi) is 6.40. The maximum absolute atomic E-state index is 11.9. The molecule has 1 heterocycles. The van der Waals surface area contributed by atoms with Crippen LogP contribution in [0.3, 0.4) is 0 Å². The molecular formula is C17H25N3O2. The summed E-state index contributed by atoms with van der Waals surface area (Å²) < 4.78 is 0. The standard InChI is InChI=1S/C17H25N3O2/c1-13(14-7-9-18-10-8-14)11-16(21)19-12-17(22)20-15-5-3-2-4-6-15/h2-6,13-14,18H,7-12H2,1H3,(H,19,21)(H,20,22). The molecule has 120 valence electrons. The van der Waals surface area contributed by atoms with Crippen molar-refractivity contribution in [3.05, 3.63) is 30.3 Å². The summed E-state index contributed by atoms with van der Waals surface area (Å²) in [5, 5.41) is 8.79. The molecule has 1 saturated heterocycles. The maximum Gasteiger partial charge on any atom is 0.243 e. The van der Waals surface area contributed by atoms with E-state index in [1.54, 1.807) is 0 Å². The van der Waals surface area contributed by atoms with E-state index in [2.05, 4.69) is 22.9 Å². The minimum absolute atomic E-state index is 0.0205. The number of hydrogen-bond donors (Lipinski definition) is 3. The third-order valence-corrected chi connectivity index (χ3v) is 4.20.